The quantitative estimate of drug-likeness (QED) is 0.572. The molecule has 0 spiro atoms. The number of fused-ring (bicyclic) bond motifs is 1. The molecule has 0 bridgehead atoms. The van der Waals surface area contributed by atoms with Crippen LogP contribution >= 0.6 is 0 Å². The van der Waals surface area contributed by atoms with Crippen LogP contribution in [0, 0.1) is 5.82 Å². The Bertz CT molecular complexity index is 1030. The number of amides is 1. The maximum atomic E-state index is 13.7. The number of methoxy groups -OCH3 is 1. The lowest BCUT2D eigenvalue weighted by molar-refractivity contribution is -0.141. The zero-order chi connectivity index (χ0) is 18.7. The molecular formula is C18H14FN3O4. The Morgan fingerprint density at radius 3 is 2.58 bits per heavy atom. The summed E-state index contributed by atoms with van der Waals surface area (Å²) in [5, 5.41) is 18.2. The minimum absolute atomic E-state index is 0.00851. The van der Waals surface area contributed by atoms with E-state index >= 15 is 0 Å². The number of halogens is 1. The highest BCUT2D eigenvalue weighted by Crippen LogP contribution is 2.38. The van der Waals surface area contributed by atoms with E-state index in [-0.39, 0.29) is 23.7 Å². The van der Waals surface area contributed by atoms with Crippen molar-refractivity contribution < 1.29 is 23.8 Å². The van der Waals surface area contributed by atoms with Gasteiger partial charge in [-0.25, -0.2) is 4.39 Å². The standard InChI is InChI=1S/C18H14FN3O4/c1-26-15(23)10-22-14-9-5-3-7-12(14)16(18(22)25)20-21-17(24)11-6-2-4-8-13(11)19/h2-9,25H,10H2,1H3. The second kappa shape index (κ2) is 7.14. The molecule has 1 amide bonds. The number of aromatic nitrogens is 1. The van der Waals surface area contributed by atoms with E-state index in [1.54, 1.807) is 24.3 Å². The molecule has 3 rings (SSSR count). The molecule has 0 atom stereocenters. The molecular weight excluding hydrogens is 341 g/mol. The van der Waals surface area contributed by atoms with Crippen LogP contribution in [-0.2, 0) is 16.1 Å². The Labute approximate surface area is 147 Å². The van der Waals surface area contributed by atoms with Crippen molar-refractivity contribution in [3.63, 3.8) is 0 Å². The number of aromatic hydroxyl groups is 1. The van der Waals surface area contributed by atoms with Gasteiger partial charge in [-0.05, 0) is 18.2 Å². The van der Waals surface area contributed by atoms with E-state index in [1.807, 2.05) is 0 Å². The second-order valence-corrected chi connectivity index (χ2v) is 5.34. The molecule has 0 aliphatic rings. The predicted molar refractivity (Wildman–Crippen MR) is 90.9 cm³/mol. The van der Waals surface area contributed by atoms with Gasteiger partial charge in [-0.3, -0.25) is 14.2 Å². The van der Waals surface area contributed by atoms with Crippen molar-refractivity contribution in [2.75, 3.05) is 7.11 Å². The van der Waals surface area contributed by atoms with Gasteiger partial charge < -0.3 is 9.84 Å². The molecule has 0 unspecified atom stereocenters. The molecule has 8 heteroatoms. The van der Waals surface area contributed by atoms with E-state index in [2.05, 4.69) is 15.0 Å². The van der Waals surface area contributed by atoms with Crippen LogP contribution in [0.25, 0.3) is 10.9 Å². The van der Waals surface area contributed by atoms with Crippen LogP contribution < -0.4 is 0 Å². The maximum Gasteiger partial charge on any atom is 0.325 e. The van der Waals surface area contributed by atoms with Crippen molar-refractivity contribution in [1.29, 1.82) is 0 Å². The van der Waals surface area contributed by atoms with Crippen molar-refractivity contribution in [1.82, 2.24) is 4.57 Å². The fourth-order valence-corrected chi connectivity index (χ4v) is 2.51. The molecule has 0 aliphatic heterocycles. The third-order valence-electron chi connectivity index (χ3n) is 3.78. The molecule has 7 nitrogen and oxygen atoms in total. The zero-order valence-corrected chi connectivity index (χ0v) is 13.7. The molecule has 1 aromatic heterocycles. The van der Waals surface area contributed by atoms with Gasteiger partial charge in [0, 0.05) is 5.39 Å². The average Bonchev–Trinajstić information content (AvgIpc) is 2.91. The monoisotopic (exact) mass is 355 g/mol. The fourth-order valence-electron chi connectivity index (χ4n) is 2.51. The van der Waals surface area contributed by atoms with Gasteiger partial charge >= 0.3 is 5.97 Å². The third-order valence-corrected chi connectivity index (χ3v) is 3.78. The van der Waals surface area contributed by atoms with Gasteiger partial charge in [0.25, 0.3) is 5.91 Å². The van der Waals surface area contributed by atoms with E-state index in [4.69, 9.17) is 0 Å². The summed E-state index contributed by atoms with van der Waals surface area (Å²) >= 11 is 0. The number of para-hydroxylation sites is 1. The van der Waals surface area contributed by atoms with Gasteiger partial charge in [-0.1, -0.05) is 30.3 Å². The number of hydrogen-bond acceptors (Lipinski definition) is 5. The third kappa shape index (κ3) is 3.16. The molecule has 0 saturated carbocycles. The van der Waals surface area contributed by atoms with Gasteiger partial charge in [0.15, 0.2) is 5.69 Å². The minimum atomic E-state index is -0.882. The van der Waals surface area contributed by atoms with E-state index in [1.165, 1.54) is 29.9 Å². The highest BCUT2D eigenvalue weighted by molar-refractivity contribution is 5.98. The van der Waals surface area contributed by atoms with Gasteiger partial charge in [0.05, 0.1) is 18.2 Å². The molecule has 0 aliphatic carbocycles. The number of hydrogen-bond donors (Lipinski definition) is 1. The molecule has 1 heterocycles. The van der Waals surface area contributed by atoms with Gasteiger partial charge in [-0.15, -0.1) is 10.2 Å². The Hall–Kier alpha value is -3.55. The first-order valence-corrected chi connectivity index (χ1v) is 7.60. The summed E-state index contributed by atoms with van der Waals surface area (Å²) in [4.78, 5) is 23.6. The summed E-state index contributed by atoms with van der Waals surface area (Å²) in [7, 11) is 1.23. The molecule has 26 heavy (non-hydrogen) atoms. The van der Waals surface area contributed by atoms with Crippen LogP contribution in [0.4, 0.5) is 10.1 Å². The van der Waals surface area contributed by atoms with Crippen molar-refractivity contribution in [3.05, 3.63) is 59.9 Å². The van der Waals surface area contributed by atoms with Crippen LogP contribution in [-0.4, -0.2) is 28.7 Å². The normalized spacial score (nSPS) is 11.2. The number of carbonyl (C=O) groups is 2. The SMILES string of the molecule is COC(=O)Cn1c(O)c(N=NC(=O)c2ccccc2F)c2ccccc21. The van der Waals surface area contributed by atoms with Crippen LogP contribution in [0.3, 0.4) is 0 Å². The maximum absolute atomic E-state index is 13.7. The summed E-state index contributed by atoms with van der Waals surface area (Å²) in [6, 6.07) is 12.2. The van der Waals surface area contributed by atoms with Crippen LogP contribution in [0.2, 0.25) is 0 Å². The molecule has 0 fully saturated rings. The van der Waals surface area contributed by atoms with E-state index in [9.17, 15) is 19.1 Å². The number of azo groups is 1. The molecule has 0 radical (unpaired) electrons. The Kier molecular flexibility index (Phi) is 4.74. The minimum Gasteiger partial charge on any atom is -0.493 e. The van der Waals surface area contributed by atoms with Gasteiger partial charge in [-0.2, -0.15) is 0 Å². The topological polar surface area (TPSA) is 93.2 Å². The zero-order valence-electron chi connectivity index (χ0n) is 13.7. The smallest absolute Gasteiger partial charge is 0.325 e. The molecule has 3 aromatic rings. The van der Waals surface area contributed by atoms with Crippen molar-refractivity contribution in [3.8, 4) is 5.88 Å². The van der Waals surface area contributed by atoms with Crippen molar-refractivity contribution in [2.45, 2.75) is 6.54 Å². The number of benzene rings is 2. The van der Waals surface area contributed by atoms with Crippen molar-refractivity contribution >= 4 is 28.5 Å². The summed E-state index contributed by atoms with van der Waals surface area (Å²) in [6.45, 7) is -0.236. The summed E-state index contributed by atoms with van der Waals surface area (Å²) < 4.78 is 19.6. The van der Waals surface area contributed by atoms with Crippen LogP contribution in [0.1, 0.15) is 10.4 Å². The second-order valence-electron chi connectivity index (χ2n) is 5.34. The number of esters is 1. The van der Waals surface area contributed by atoms with E-state index in [0.717, 1.165) is 6.07 Å². The lowest BCUT2D eigenvalue weighted by Gasteiger charge is -2.04. The molecule has 1 N–H and O–H groups in total. The number of rotatable bonds is 4. The number of nitrogens with zero attached hydrogens (tertiary/aromatic N) is 3. The highest BCUT2D eigenvalue weighted by Gasteiger charge is 2.19. The lowest BCUT2D eigenvalue weighted by atomic mass is 10.2. The Morgan fingerprint density at radius 1 is 1.15 bits per heavy atom. The molecule has 2 aromatic carbocycles. The Morgan fingerprint density at radius 2 is 1.85 bits per heavy atom. The van der Waals surface area contributed by atoms with E-state index in [0.29, 0.717) is 10.9 Å². The van der Waals surface area contributed by atoms with E-state index < -0.39 is 17.7 Å². The largest absolute Gasteiger partial charge is 0.493 e. The Balaban J connectivity index is 2.03. The van der Waals surface area contributed by atoms with Crippen LogP contribution in [0.15, 0.2) is 58.8 Å². The first-order valence-electron chi connectivity index (χ1n) is 7.60. The first kappa shape index (κ1) is 17.3. The lowest BCUT2D eigenvalue weighted by Crippen LogP contribution is -2.10. The van der Waals surface area contributed by atoms with Crippen LogP contribution in [0.5, 0.6) is 5.88 Å². The predicted octanol–water partition coefficient (Wildman–Crippen LogP) is 3.58. The number of carbonyl (C=O) groups excluding carboxylic acids is 2. The van der Waals surface area contributed by atoms with Gasteiger partial charge in [0.1, 0.15) is 12.4 Å². The molecule has 0 saturated heterocycles. The summed E-state index contributed by atoms with van der Waals surface area (Å²) in [6.07, 6.45) is 0. The summed E-state index contributed by atoms with van der Waals surface area (Å²) in [5.41, 5.74) is 0.297. The highest BCUT2D eigenvalue weighted by atomic mass is 19.1. The number of ether oxygens (including phenoxy) is 1. The van der Waals surface area contributed by atoms with Crippen molar-refractivity contribution in [2.24, 2.45) is 10.2 Å². The average molecular weight is 355 g/mol. The van der Waals surface area contributed by atoms with Gasteiger partial charge in [0.2, 0.25) is 5.88 Å². The molecule has 132 valence electrons. The first-order chi connectivity index (χ1) is 12.5. The summed E-state index contributed by atoms with van der Waals surface area (Å²) in [5.74, 6) is -2.50. The fraction of sp³-hybridized carbons (Fsp3) is 0.111.